The lowest BCUT2D eigenvalue weighted by Crippen LogP contribution is -2.42. The van der Waals surface area contributed by atoms with Crippen LogP contribution in [0.5, 0.6) is 5.75 Å². The number of hydrogen-bond acceptors (Lipinski definition) is 9. The third kappa shape index (κ3) is 5.05. The maximum absolute atomic E-state index is 13.9. The van der Waals surface area contributed by atoms with Gasteiger partial charge in [0.2, 0.25) is 11.8 Å². The third-order valence-corrected chi connectivity index (χ3v) is 12.6. The smallest absolute Gasteiger partial charge is 0.338 e. The van der Waals surface area contributed by atoms with Crippen molar-refractivity contribution in [3.63, 3.8) is 0 Å². The fourth-order valence-electron chi connectivity index (χ4n) is 8.27. The quantitative estimate of drug-likeness (QED) is 0.189. The maximum Gasteiger partial charge on any atom is 0.338 e. The van der Waals surface area contributed by atoms with Crippen LogP contribution in [-0.2, 0) is 19.1 Å². The summed E-state index contributed by atoms with van der Waals surface area (Å²) in [5.74, 6) is -1.40. The van der Waals surface area contributed by atoms with Gasteiger partial charge < -0.3 is 19.8 Å². The molecular weight excluding hydrogens is 651 g/mol. The van der Waals surface area contributed by atoms with E-state index in [2.05, 4.69) is 10.3 Å². The van der Waals surface area contributed by atoms with E-state index in [1.54, 1.807) is 61.2 Å². The first-order valence-corrected chi connectivity index (χ1v) is 17.6. The van der Waals surface area contributed by atoms with Crippen LogP contribution in [0.2, 0.25) is 0 Å². The van der Waals surface area contributed by atoms with Gasteiger partial charge in [-0.15, -0.1) is 11.8 Å². The number of fused-ring (bicyclic) bond motifs is 9. The number of nitrogens with zero attached hydrogens (tertiary/aromatic N) is 1. The van der Waals surface area contributed by atoms with Crippen molar-refractivity contribution in [2.24, 2.45) is 29.6 Å². The van der Waals surface area contributed by atoms with Crippen molar-refractivity contribution < 1.29 is 28.7 Å². The van der Waals surface area contributed by atoms with Crippen molar-refractivity contribution >= 4 is 58.2 Å². The Kier molecular flexibility index (Phi) is 7.72. The van der Waals surface area contributed by atoms with Crippen LogP contribution in [0.25, 0.3) is 0 Å². The number of aromatic amines is 1. The molecule has 8 rings (SSSR count). The van der Waals surface area contributed by atoms with E-state index in [0.717, 1.165) is 21.9 Å². The Bertz CT molecular complexity index is 1990. The zero-order chi connectivity index (χ0) is 33.1. The van der Waals surface area contributed by atoms with Crippen molar-refractivity contribution in [1.82, 2.24) is 4.98 Å². The van der Waals surface area contributed by atoms with Crippen molar-refractivity contribution in [3.05, 3.63) is 105 Å². The molecule has 1 aromatic heterocycles. The molecule has 7 atom stereocenters. The van der Waals surface area contributed by atoms with Gasteiger partial charge in [-0.3, -0.25) is 24.1 Å². The van der Waals surface area contributed by atoms with Crippen molar-refractivity contribution in [2.45, 2.75) is 29.5 Å². The molecule has 3 amide bonds. The lowest BCUT2D eigenvalue weighted by molar-refractivity contribution is -0.123. The number of esters is 1. The second-order valence-corrected chi connectivity index (χ2v) is 14.7. The van der Waals surface area contributed by atoms with Gasteiger partial charge in [0.15, 0.2) is 6.61 Å². The second-order valence-electron chi connectivity index (χ2n) is 12.5. The number of rotatable bonds is 8. The molecule has 4 aliphatic rings. The lowest BCUT2D eigenvalue weighted by Gasteiger charge is -2.43. The predicted molar refractivity (Wildman–Crippen MR) is 180 cm³/mol. The first kappa shape index (κ1) is 30.6. The van der Waals surface area contributed by atoms with E-state index < -0.39 is 11.9 Å². The summed E-state index contributed by atoms with van der Waals surface area (Å²) in [4.78, 5) is 70.3. The van der Waals surface area contributed by atoms with Gasteiger partial charge in [-0.25, -0.2) is 4.79 Å². The number of carbonyl (C=O) groups excluding carboxylic acids is 4. The highest BCUT2D eigenvalue weighted by Crippen LogP contribution is 2.68. The van der Waals surface area contributed by atoms with Crippen LogP contribution in [0.15, 0.2) is 88.7 Å². The van der Waals surface area contributed by atoms with E-state index in [1.807, 2.05) is 36.4 Å². The number of para-hydroxylation sites is 1. The number of H-pyrrole nitrogens is 1. The number of thioether (sulfide) groups is 1. The van der Waals surface area contributed by atoms with Gasteiger partial charge in [-0.1, -0.05) is 41.7 Å². The Morgan fingerprint density at radius 3 is 2.44 bits per heavy atom. The van der Waals surface area contributed by atoms with Gasteiger partial charge in [0.1, 0.15) is 5.75 Å². The summed E-state index contributed by atoms with van der Waals surface area (Å²) in [6, 6.07) is 23.2. The van der Waals surface area contributed by atoms with E-state index in [9.17, 15) is 24.0 Å². The summed E-state index contributed by atoms with van der Waals surface area (Å²) in [7, 11) is 0. The van der Waals surface area contributed by atoms with Crippen LogP contribution in [0.4, 0.5) is 11.4 Å². The van der Waals surface area contributed by atoms with Gasteiger partial charge in [0.25, 0.3) is 5.91 Å². The highest BCUT2D eigenvalue weighted by atomic mass is 32.2. The molecule has 2 saturated carbocycles. The number of thiazole rings is 1. The molecule has 10 nitrogen and oxygen atoms in total. The molecule has 6 unspecified atom stereocenters. The minimum absolute atomic E-state index is 0.0106. The average Bonchev–Trinajstić information content (AvgIpc) is 3.83. The number of imide groups is 1. The highest BCUT2D eigenvalue weighted by molar-refractivity contribution is 8.00. The Hall–Kier alpha value is -4.68. The fourth-order valence-corrected chi connectivity index (χ4v) is 11.2. The van der Waals surface area contributed by atoms with Gasteiger partial charge >= 0.3 is 10.8 Å². The monoisotopic (exact) mass is 681 g/mol. The van der Waals surface area contributed by atoms with E-state index in [0.29, 0.717) is 22.7 Å². The molecule has 1 saturated heterocycles. The summed E-state index contributed by atoms with van der Waals surface area (Å²) < 4.78 is 10.9. The van der Waals surface area contributed by atoms with Crippen LogP contribution >= 0.6 is 23.1 Å². The Morgan fingerprint density at radius 2 is 1.69 bits per heavy atom. The Morgan fingerprint density at radius 1 is 0.938 bits per heavy atom. The summed E-state index contributed by atoms with van der Waals surface area (Å²) in [6.07, 6.45) is 0.796. The molecule has 2 bridgehead atoms. The molecule has 3 aromatic carbocycles. The first-order valence-electron chi connectivity index (χ1n) is 15.9. The van der Waals surface area contributed by atoms with Crippen LogP contribution in [0, 0.1) is 29.6 Å². The minimum atomic E-state index is -0.428. The van der Waals surface area contributed by atoms with Crippen LogP contribution in [-0.4, -0.2) is 47.1 Å². The van der Waals surface area contributed by atoms with Gasteiger partial charge in [-0.05, 0) is 85.2 Å². The van der Waals surface area contributed by atoms with Crippen LogP contribution < -0.4 is 19.8 Å². The van der Waals surface area contributed by atoms with Gasteiger partial charge in [0.05, 0.1) is 34.7 Å². The van der Waals surface area contributed by atoms with Gasteiger partial charge in [0, 0.05) is 21.7 Å². The minimum Gasteiger partial charge on any atom is -0.484 e. The summed E-state index contributed by atoms with van der Waals surface area (Å²) in [5, 5.41) is 3.67. The number of hydrogen-bond donors (Lipinski definition) is 2. The number of nitrogens with one attached hydrogen (secondary N) is 2. The molecule has 4 aromatic rings. The Balaban J connectivity index is 1.03. The van der Waals surface area contributed by atoms with Crippen LogP contribution in [0.3, 0.4) is 0 Å². The average molecular weight is 682 g/mol. The molecule has 244 valence electrons. The Labute approximate surface area is 283 Å². The number of aromatic nitrogens is 1. The summed E-state index contributed by atoms with van der Waals surface area (Å²) >= 11 is 2.84. The van der Waals surface area contributed by atoms with E-state index in [1.165, 1.54) is 16.2 Å². The molecule has 2 N–H and O–H groups in total. The number of carbonyl (C=O) groups is 4. The van der Waals surface area contributed by atoms with Crippen LogP contribution in [0.1, 0.15) is 40.1 Å². The number of amides is 3. The maximum atomic E-state index is 13.9. The predicted octanol–water partition coefficient (Wildman–Crippen LogP) is 5.31. The van der Waals surface area contributed by atoms with Crippen molar-refractivity contribution in [1.29, 1.82) is 0 Å². The van der Waals surface area contributed by atoms with E-state index in [4.69, 9.17) is 9.47 Å². The summed E-state index contributed by atoms with van der Waals surface area (Å²) in [5.41, 5.74) is 2.46. The van der Waals surface area contributed by atoms with E-state index >= 15 is 0 Å². The molecule has 2 aliphatic heterocycles. The standard InChI is InChI=1S/C36H31N3O7S2/c1-2-45-35(43)18-11-13-20(14-12-18)37-25(40)17-46-22-10-6-7-19(15-22)26-27-23-16-24(30(27)47-32-31(26)48-36(44)38-32)29-28(23)33(41)39(34(29)42)21-8-4-3-5-9-21/h3-15,23-24,26-30H,2,16-17H2,1H3,(H,37,40)(H,38,44)/t23?,24?,26-,27?,28?,29?,30?/m1/s1. The highest BCUT2D eigenvalue weighted by Gasteiger charge is 2.69. The molecule has 0 spiro atoms. The summed E-state index contributed by atoms with van der Waals surface area (Å²) in [6.45, 7) is 1.78. The number of ether oxygens (including phenoxy) is 2. The lowest BCUT2D eigenvalue weighted by atomic mass is 9.68. The first-order chi connectivity index (χ1) is 23.3. The third-order valence-electron chi connectivity index (χ3n) is 10.0. The van der Waals surface area contributed by atoms with Gasteiger partial charge in [-0.2, -0.15) is 0 Å². The topological polar surface area (TPSA) is 135 Å². The zero-order valence-electron chi connectivity index (χ0n) is 25.8. The molecule has 0 radical (unpaired) electrons. The SMILES string of the molecule is CCOC(=O)c1ccc(NC(=O)COc2cccc([C@H]3c4sc(=O)[nH]c4SC4C5CC(C6C(=O)N(c7ccccc7)C(=O)C56)C43)c2)cc1. The van der Waals surface area contributed by atoms with Crippen molar-refractivity contribution in [2.75, 3.05) is 23.4 Å². The molecular formula is C36H31N3O7S2. The van der Waals surface area contributed by atoms with Crippen molar-refractivity contribution in [3.8, 4) is 5.75 Å². The molecule has 3 fully saturated rings. The molecule has 2 aliphatic carbocycles. The normalized spacial score (nSPS) is 26.5. The molecule has 48 heavy (non-hydrogen) atoms. The molecule has 12 heteroatoms. The molecule has 3 heterocycles. The number of benzene rings is 3. The number of anilines is 2. The van der Waals surface area contributed by atoms with E-state index in [-0.39, 0.29) is 70.6 Å². The second kappa shape index (κ2) is 12.1. The zero-order valence-corrected chi connectivity index (χ0v) is 27.4. The fraction of sp³-hybridized carbons (Fsp3) is 0.306. The largest absolute Gasteiger partial charge is 0.484 e.